The van der Waals surface area contributed by atoms with E-state index in [4.69, 9.17) is 10.5 Å². The lowest BCUT2D eigenvalue weighted by Crippen LogP contribution is -2.22. The van der Waals surface area contributed by atoms with Gasteiger partial charge in [-0.1, -0.05) is 6.07 Å². The second-order valence-electron chi connectivity index (χ2n) is 4.65. The van der Waals surface area contributed by atoms with Gasteiger partial charge in [0.05, 0.1) is 0 Å². The van der Waals surface area contributed by atoms with Crippen LogP contribution in [0.15, 0.2) is 18.3 Å². The van der Waals surface area contributed by atoms with Crippen LogP contribution in [0.1, 0.15) is 24.8 Å². The molecule has 17 heavy (non-hydrogen) atoms. The summed E-state index contributed by atoms with van der Waals surface area (Å²) in [7, 11) is 2.16. The highest BCUT2D eigenvalue weighted by molar-refractivity contribution is 5.25. The smallest absolute Gasteiger partial charge is 0.218 e. The van der Waals surface area contributed by atoms with Gasteiger partial charge in [0.15, 0.2) is 0 Å². The van der Waals surface area contributed by atoms with E-state index in [1.54, 1.807) is 6.20 Å². The summed E-state index contributed by atoms with van der Waals surface area (Å²) in [5.74, 6) is 0.713. The lowest BCUT2D eigenvalue weighted by atomic mass is 10.1. The molecule has 2 rings (SSSR count). The van der Waals surface area contributed by atoms with Crippen molar-refractivity contribution in [2.75, 3.05) is 20.1 Å². The van der Waals surface area contributed by atoms with Crippen LogP contribution >= 0.6 is 0 Å². The average molecular weight is 235 g/mol. The highest BCUT2D eigenvalue weighted by Gasteiger charge is 2.17. The molecule has 2 N–H and O–H groups in total. The molecule has 1 unspecified atom stereocenters. The first kappa shape index (κ1) is 12.3. The maximum absolute atomic E-state index is 5.99. The summed E-state index contributed by atoms with van der Waals surface area (Å²) in [5, 5.41) is 0. The van der Waals surface area contributed by atoms with Crippen LogP contribution < -0.4 is 10.5 Å². The zero-order valence-electron chi connectivity index (χ0n) is 10.4. The molecule has 1 saturated heterocycles. The predicted molar refractivity (Wildman–Crippen MR) is 67.9 cm³/mol. The quantitative estimate of drug-likeness (QED) is 0.860. The van der Waals surface area contributed by atoms with Crippen molar-refractivity contribution in [2.45, 2.75) is 31.9 Å². The normalized spacial score (nSPS) is 22.1. The van der Waals surface area contributed by atoms with Crippen molar-refractivity contribution in [1.29, 1.82) is 0 Å². The Morgan fingerprint density at radius 1 is 1.47 bits per heavy atom. The molecule has 0 spiro atoms. The Bertz CT molecular complexity index is 356. The molecular formula is C13H21N3O. The standard InChI is InChI=1S/C13H21N3O/c1-16-8-3-5-12(6-9-16)17-13-11(10-14)4-2-7-15-13/h2,4,7,12H,3,5-6,8-10,14H2,1H3. The van der Waals surface area contributed by atoms with E-state index in [1.165, 1.54) is 6.42 Å². The Labute approximate surface area is 103 Å². The summed E-state index contributed by atoms with van der Waals surface area (Å²) in [5.41, 5.74) is 6.67. The Kier molecular flexibility index (Phi) is 4.34. The SMILES string of the molecule is CN1CCCC(Oc2ncccc2CN)CC1. The number of nitrogens with zero attached hydrogens (tertiary/aromatic N) is 2. The number of pyridine rings is 1. The number of hydrogen-bond acceptors (Lipinski definition) is 4. The number of hydrogen-bond donors (Lipinski definition) is 1. The van der Waals surface area contributed by atoms with E-state index in [-0.39, 0.29) is 6.10 Å². The Morgan fingerprint density at radius 2 is 2.35 bits per heavy atom. The topological polar surface area (TPSA) is 51.4 Å². The molecule has 1 aromatic heterocycles. The van der Waals surface area contributed by atoms with Crippen molar-refractivity contribution in [2.24, 2.45) is 5.73 Å². The number of nitrogens with two attached hydrogens (primary N) is 1. The summed E-state index contributed by atoms with van der Waals surface area (Å²) in [6.45, 7) is 2.73. The average Bonchev–Trinajstić information content (AvgIpc) is 2.55. The summed E-state index contributed by atoms with van der Waals surface area (Å²) >= 11 is 0. The summed E-state index contributed by atoms with van der Waals surface area (Å²) in [6, 6.07) is 3.88. The van der Waals surface area contributed by atoms with Gasteiger partial charge in [-0.25, -0.2) is 4.98 Å². The molecule has 4 nitrogen and oxygen atoms in total. The first-order valence-electron chi connectivity index (χ1n) is 6.28. The molecule has 4 heteroatoms. The molecule has 0 aromatic carbocycles. The number of ether oxygens (including phenoxy) is 1. The number of aromatic nitrogens is 1. The Hall–Kier alpha value is -1.13. The summed E-state index contributed by atoms with van der Waals surface area (Å²) in [4.78, 5) is 6.63. The van der Waals surface area contributed by atoms with E-state index >= 15 is 0 Å². The van der Waals surface area contributed by atoms with Gasteiger partial charge >= 0.3 is 0 Å². The molecule has 1 aliphatic rings. The molecule has 94 valence electrons. The van der Waals surface area contributed by atoms with Crippen LogP contribution in [0.25, 0.3) is 0 Å². The molecule has 0 radical (unpaired) electrons. The van der Waals surface area contributed by atoms with Crippen LogP contribution in [-0.2, 0) is 6.54 Å². The van der Waals surface area contributed by atoms with E-state index < -0.39 is 0 Å². The maximum Gasteiger partial charge on any atom is 0.218 e. The van der Waals surface area contributed by atoms with E-state index in [2.05, 4.69) is 16.9 Å². The second-order valence-corrected chi connectivity index (χ2v) is 4.65. The van der Waals surface area contributed by atoms with Crippen LogP contribution in [-0.4, -0.2) is 36.1 Å². The van der Waals surface area contributed by atoms with Crippen molar-refractivity contribution in [3.05, 3.63) is 23.9 Å². The van der Waals surface area contributed by atoms with Gasteiger partial charge in [-0.2, -0.15) is 0 Å². The highest BCUT2D eigenvalue weighted by atomic mass is 16.5. The molecule has 1 atom stereocenters. The van der Waals surface area contributed by atoms with Crippen molar-refractivity contribution >= 4 is 0 Å². The van der Waals surface area contributed by atoms with E-state index in [1.807, 2.05) is 12.1 Å². The third-order valence-electron chi connectivity index (χ3n) is 3.25. The number of likely N-dealkylation sites (tertiary alicyclic amines) is 1. The third kappa shape index (κ3) is 3.41. The summed E-state index contributed by atoms with van der Waals surface area (Å²) < 4.78 is 5.99. The van der Waals surface area contributed by atoms with Crippen LogP contribution in [0.2, 0.25) is 0 Å². The van der Waals surface area contributed by atoms with E-state index in [0.29, 0.717) is 12.4 Å². The molecule has 0 amide bonds. The van der Waals surface area contributed by atoms with Gasteiger partial charge in [-0.05, 0) is 38.9 Å². The van der Waals surface area contributed by atoms with Crippen molar-refractivity contribution in [3.8, 4) is 5.88 Å². The molecule has 1 fully saturated rings. The zero-order chi connectivity index (χ0) is 12.1. The number of rotatable bonds is 3. The van der Waals surface area contributed by atoms with Crippen molar-refractivity contribution < 1.29 is 4.74 Å². The first-order chi connectivity index (χ1) is 8.29. The summed E-state index contributed by atoms with van der Waals surface area (Å²) in [6.07, 6.45) is 5.39. The fourth-order valence-electron chi connectivity index (χ4n) is 2.17. The van der Waals surface area contributed by atoms with Gasteiger partial charge < -0.3 is 15.4 Å². The van der Waals surface area contributed by atoms with Crippen LogP contribution in [0.4, 0.5) is 0 Å². The van der Waals surface area contributed by atoms with Gasteiger partial charge in [0.25, 0.3) is 0 Å². The Morgan fingerprint density at radius 3 is 3.18 bits per heavy atom. The molecule has 2 heterocycles. The van der Waals surface area contributed by atoms with Gasteiger partial charge in [0.1, 0.15) is 6.10 Å². The lowest BCUT2D eigenvalue weighted by molar-refractivity contribution is 0.174. The monoisotopic (exact) mass is 235 g/mol. The Balaban J connectivity index is 1.99. The fraction of sp³-hybridized carbons (Fsp3) is 0.615. The molecule has 0 aliphatic carbocycles. The minimum Gasteiger partial charge on any atom is -0.474 e. The fourth-order valence-corrected chi connectivity index (χ4v) is 2.17. The molecule has 0 bridgehead atoms. The molecule has 0 saturated carbocycles. The lowest BCUT2D eigenvalue weighted by Gasteiger charge is -2.18. The van der Waals surface area contributed by atoms with E-state index in [9.17, 15) is 0 Å². The minimum atomic E-state index is 0.278. The van der Waals surface area contributed by atoms with Gasteiger partial charge in [-0.15, -0.1) is 0 Å². The van der Waals surface area contributed by atoms with E-state index in [0.717, 1.165) is 31.5 Å². The van der Waals surface area contributed by atoms with Gasteiger partial charge in [0, 0.05) is 24.8 Å². The van der Waals surface area contributed by atoms with Crippen molar-refractivity contribution in [3.63, 3.8) is 0 Å². The van der Waals surface area contributed by atoms with Crippen LogP contribution in [0.5, 0.6) is 5.88 Å². The third-order valence-corrected chi connectivity index (χ3v) is 3.25. The van der Waals surface area contributed by atoms with Crippen molar-refractivity contribution in [1.82, 2.24) is 9.88 Å². The maximum atomic E-state index is 5.99. The van der Waals surface area contributed by atoms with Crippen LogP contribution in [0, 0.1) is 0 Å². The minimum absolute atomic E-state index is 0.278. The predicted octanol–water partition coefficient (Wildman–Crippen LogP) is 1.40. The zero-order valence-corrected chi connectivity index (χ0v) is 10.4. The molecular weight excluding hydrogens is 214 g/mol. The first-order valence-corrected chi connectivity index (χ1v) is 6.28. The largest absolute Gasteiger partial charge is 0.474 e. The molecule has 1 aromatic rings. The molecule has 1 aliphatic heterocycles. The van der Waals surface area contributed by atoms with Crippen LogP contribution in [0.3, 0.4) is 0 Å². The second kappa shape index (κ2) is 5.98. The van der Waals surface area contributed by atoms with Gasteiger partial charge in [-0.3, -0.25) is 0 Å². The van der Waals surface area contributed by atoms with Gasteiger partial charge in [0.2, 0.25) is 5.88 Å². The highest BCUT2D eigenvalue weighted by Crippen LogP contribution is 2.20.